The summed E-state index contributed by atoms with van der Waals surface area (Å²) in [5.74, 6) is -2.45. The normalized spacial score (nSPS) is 16.0. The van der Waals surface area contributed by atoms with Crippen molar-refractivity contribution in [1.29, 1.82) is 0 Å². The van der Waals surface area contributed by atoms with Crippen LogP contribution in [0.4, 0.5) is 0 Å². The van der Waals surface area contributed by atoms with Crippen LogP contribution in [0.25, 0.3) is 0 Å². The van der Waals surface area contributed by atoms with Crippen molar-refractivity contribution < 1.29 is 51.4 Å². The molecule has 0 N–H and O–H groups in total. The molecule has 0 amide bonds. The Bertz CT molecular complexity index is 1180. The number of carbonyl (C=O) groups excluding carboxylic acids is 2. The summed E-state index contributed by atoms with van der Waals surface area (Å²) >= 11 is 0. The Morgan fingerprint density at radius 1 is 0.544 bits per heavy atom. The van der Waals surface area contributed by atoms with Crippen molar-refractivity contribution in [2.75, 3.05) is 39.7 Å². The third-order valence-corrected chi connectivity index (χ3v) is 13.3. The number of esters is 2. The van der Waals surface area contributed by atoms with Gasteiger partial charge in [-0.25, -0.2) is 9.59 Å². The lowest BCUT2D eigenvalue weighted by atomic mass is 9.94. The van der Waals surface area contributed by atoms with Crippen LogP contribution in [0.3, 0.4) is 0 Å². The second-order valence-electron chi connectivity index (χ2n) is 18.1. The molecule has 5 atom stereocenters. The molecule has 0 aliphatic rings. The molecular formula is C42H90N2O11P2. The van der Waals surface area contributed by atoms with Gasteiger partial charge in [0.25, 0.3) is 0 Å². The van der Waals surface area contributed by atoms with E-state index in [1.807, 2.05) is 96.9 Å². The summed E-state index contributed by atoms with van der Waals surface area (Å²) in [6.07, 6.45) is 2.12. The van der Waals surface area contributed by atoms with Crippen LogP contribution in [-0.4, -0.2) is 96.6 Å². The Labute approximate surface area is 350 Å². The van der Waals surface area contributed by atoms with E-state index in [4.69, 9.17) is 32.7 Å². The van der Waals surface area contributed by atoms with Crippen molar-refractivity contribution >= 4 is 26.9 Å². The molecule has 0 aliphatic carbocycles. The first-order chi connectivity index (χ1) is 25.9. The molecule has 15 heteroatoms. The molecule has 344 valence electrons. The van der Waals surface area contributed by atoms with Gasteiger partial charge in [-0.2, -0.15) is 10.1 Å². The smallest absolute Gasteiger partial charge is 0.350 e. The molecule has 13 nitrogen and oxygen atoms in total. The molecule has 0 aromatic heterocycles. The second kappa shape index (κ2) is 27.9. The number of carbonyl (C=O) groups is 2. The monoisotopic (exact) mass is 861 g/mol. The lowest BCUT2D eigenvalue weighted by Gasteiger charge is -2.48. The summed E-state index contributed by atoms with van der Waals surface area (Å²) in [4.78, 5) is 38.3. The fourth-order valence-corrected chi connectivity index (χ4v) is 11.3. The Balaban J connectivity index is -0.00000554. The topological polar surface area (TPSA) is 139 Å². The fourth-order valence-electron chi connectivity index (χ4n) is 5.80. The zero-order chi connectivity index (χ0) is 45.6. The summed E-state index contributed by atoms with van der Waals surface area (Å²) < 4.78 is 56.0. The molecule has 0 radical (unpaired) electrons. The van der Waals surface area contributed by atoms with Gasteiger partial charge in [-0.05, 0) is 113 Å². The summed E-state index contributed by atoms with van der Waals surface area (Å²) in [7, 11) is -6.84. The van der Waals surface area contributed by atoms with Crippen LogP contribution in [0.2, 0.25) is 0 Å². The van der Waals surface area contributed by atoms with Gasteiger partial charge in [0.2, 0.25) is 7.37 Å². The average molecular weight is 861 g/mol. The van der Waals surface area contributed by atoms with Crippen LogP contribution in [-0.2, 0) is 51.4 Å². The molecule has 0 saturated carbocycles. The van der Waals surface area contributed by atoms with E-state index < -0.39 is 72.6 Å². The molecule has 57 heavy (non-hydrogen) atoms. The van der Waals surface area contributed by atoms with Gasteiger partial charge >= 0.3 is 19.5 Å². The van der Waals surface area contributed by atoms with Gasteiger partial charge in [-0.1, -0.05) is 75.7 Å². The first-order valence-electron chi connectivity index (χ1n) is 21.3. The van der Waals surface area contributed by atoms with E-state index in [1.165, 1.54) is 6.42 Å². The molecule has 0 aromatic carbocycles. The number of hydrogen-bond donors (Lipinski definition) is 0. The second-order valence-corrected chi connectivity index (χ2v) is 22.8. The first kappa shape index (κ1) is 60.4. The van der Waals surface area contributed by atoms with Crippen molar-refractivity contribution in [1.82, 2.24) is 10.1 Å². The maximum atomic E-state index is 14.0. The number of hydrogen-bond acceptors (Lipinski definition) is 13. The molecule has 0 bridgehead atoms. The molecule has 5 unspecified atom stereocenters. The van der Waals surface area contributed by atoms with Gasteiger partial charge in [0.1, 0.15) is 11.6 Å². The van der Waals surface area contributed by atoms with Crippen molar-refractivity contribution in [3.8, 4) is 0 Å². The zero-order valence-corrected chi connectivity index (χ0v) is 42.4. The summed E-state index contributed by atoms with van der Waals surface area (Å²) in [5, 5.41) is 3.22. The van der Waals surface area contributed by atoms with Gasteiger partial charge in [-0.15, -0.1) is 0 Å². The number of ether oxygens (including phenoxy) is 2. The van der Waals surface area contributed by atoms with E-state index >= 15 is 0 Å². The van der Waals surface area contributed by atoms with Crippen LogP contribution >= 0.6 is 15.0 Å². The van der Waals surface area contributed by atoms with Crippen LogP contribution in [0, 0.1) is 10.8 Å². The Morgan fingerprint density at radius 2 is 0.842 bits per heavy atom. The van der Waals surface area contributed by atoms with Gasteiger partial charge in [-0.3, -0.25) is 18.8 Å². The minimum absolute atomic E-state index is 0.197. The molecular weight excluding hydrogens is 770 g/mol. The molecule has 0 aliphatic heterocycles. The maximum Gasteiger partial charge on any atom is 0.350 e. The highest BCUT2D eigenvalue weighted by molar-refractivity contribution is 7.58. The number of unbranched alkanes of at least 4 members (excludes halogenated alkanes) is 3. The molecule has 0 saturated heterocycles. The molecule has 0 spiro atoms. The van der Waals surface area contributed by atoms with Gasteiger partial charge in [0.05, 0.1) is 33.0 Å². The van der Waals surface area contributed by atoms with E-state index in [0.717, 1.165) is 12.8 Å². The van der Waals surface area contributed by atoms with Crippen molar-refractivity contribution in [2.24, 2.45) is 10.8 Å². The maximum absolute atomic E-state index is 14.0. The highest BCUT2D eigenvalue weighted by Gasteiger charge is 2.52. The molecule has 0 heterocycles. The summed E-state index contributed by atoms with van der Waals surface area (Å²) in [5.41, 5.74) is -2.31. The van der Waals surface area contributed by atoms with Gasteiger partial charge in [0.15, 0.2) is 12.2 Å². The predicted octanol–water partition coefficient (Wildman–Crippen LogP) is 11.9. The van der Waals surface area contributed by atoms with Crippen LogP contribution in [0.1, 0.15) is 178 Å². The van der Waals surface area contributed by atoms with Gasteiger partial charge in [0, 0.05) is 17.7 Å². The number of rotatable bonds is 23. The Morgan fingerprint density at radius 3 is 1.11 bits per heavy atom. The molecule has 0 fully saturated rings. The first-order valence-corrected chi connectivity index (χ1v) is 25.0. The van der Waals surface area contributed by atoms with Crippen molar-refractivity contribution in [3.05, 3.63) is 0 Å². The summed E-state index contributed by atoms with van der Waals surface area (Å²) in [6, 6.07) is 0. The van der Waals surface area contributed by atoms with Crippen LogP contribution in [0.5, 0.6) is 0 Å². The highest BCUT2D eigenvalue weighted by Crippen LogP contribution is 2.61. The molecule has 0 rings (SSSR count). The lowest BCUT2D eigenvalue weighted by molar-refractivity contribution is -0.263. The minimum atomic E-state index is -3.68. The van der Waals surface area contributed by atoms with E-state index in [0.29, 0.717) is 19.4 Å². The standard InChI is InChI=1S/C37H76N2O11P2.C3H8.C2H6/c1-19-46-51(18,42)32(34(6,7)8)38(36(12,13)14)49-28(4)30(40)44-26-24-22-23-25-27-45-31(41)29(5)50-39(37(15,16)17)33(35(9,10)11)52(43,47-20-2)48-21-3;1-3-2;1-2/h28-29,32-33H,19-27H2,1-18H3;3H2,1-2H3;1-2H3. The SMILES string of the molecule is CC.CCC.CCOP(C)(=O)C(N(OC(C)C(=O)OCCCCCCOC(=O)C(C)ON(C(C(C)(C)C)P(=O)(OCC)OCC)C(C)(C)C)C(C)(C)C)C(C)(C)C. The van der Waals surface area contributed by atoms with E-state index in [2.05, 4.69) is 13.8 Å². The van der Waals surface area contributed by atoms with E-state index in [-0.39, 0.29) is 26.4 Å². The number of hydroxylamine groups is 4. The van der Waals surface area contributed by atoms with Crippen LogP contribution in [0.15, 0.2) is 0 Å². The minimum Gasteiger partial charge on any atom is -0.464 e. The van der Waals surface area contributed by atoms with Crippen molar-refractivity contribution in [2.45, 2.75) is 212 Å². The third kappa shape index (κ3) is 23.1. The zero-order valence-electron chi connectivity index (χ0n) is 40.7. The Hall–Kier alpha value is -0.880. The summed E-state index contributed by atoms with van der Waals surface area (Å²) in [6.45, 7) is 42.8. The largest absolute Gasteiger partial charge is 0.464 e. The highest BCUT2D eigenvalue weighted by atomic mass is 31.2. The van der Waals surface area contributed by atoms with E-state index in [1.54, 1.807) is 51.4 Å². The van der Waals surface area contributed by atoms with E-state index in [9.17, 15) is 18.7 Å². The average Bonchev–Trinajstić information content (AvgIpc) is 3.04. The third-order valence-electron chi connectivity index (χ3n) is 7.80. The molecule has 0 aromatic rings. The van der Waals surface area contributed by atoms with Crippen LogP contribution < -0.4 is 0 Å². The lowest BCUT2D eigenvalue weighted by Crippen LogP contribution is -2.55. The Kier molecular flexibility index (Phi) is 29.5. The number of nitrogens with zero attached hydrogens (tertiary/aromatic N) is 2. The quantitative estimate of drug-likeness (QED) is 0.0417. The van der Waals surface area contributed by atoms with Crippen molar-refractivity contribution in [3.63, 3.8) is 0 Å². The predicted molar refractivity (Wildman–Crippen MR) is 234 cm³/mol. The fraction of sp³-hybridized carbons (Fsp3) is 0.952. The van der Waals surface area contributed by atoms with Gasteiger partial charge < -0.3 is 23.0 Å².